The molecule has 1 aromatic rings. The van der Waals surface area contributed by atoms with Gasteiger partial charge in [0.15, 0.2) is 0 Å². The number of nitrogens with zero attached hydrogens (tertiary/aromatic N) is 1. The maximum Gasteiger partial charge on any atom is 0.411 e. The molecular formula is C15H17NO4. The van der Waals surface area contributed by atoms with Crippen molar-refractivity contribution in [3.05, 3.63) is 35.9 Å². The van der Waals surface area contributed by atoms with Gasteiger partial charge in [0.2, 0.25) is 0 Å². The summed E-state index contributed by atoms with van der Waals surface area (Å²) in [6, 6.07) is 8.66. The van der Waals surface area contributed by atoms with Crippen LogP contribution in [0, 0.1) is 0 Å². The molecule has 5 nitrogen and oxygen atoms in total. The number of carbonyl (C=O) groups excluding carboxylic acids is 1. The number of amides is 1. The van der Waals surface area contributed by atoms with E-state index >= 15 is 0 Å². The van der Waals surface area contributed by atoms with Crippen molar-refractivity contribution >= 4 is 12.1 Å². The van der Waals surface area contributed by atoms with Gasteiger partial charge in [-0.25, -0.2) is 9.59 Å². The summed E-state index contributed by atoms with van der Waals surface area (Å²) in [7, 11) is 0. The number of carboxylic acid groups (broad SMARTS) is 1. The topological polar surface area (TPSA) is 66.8 Å². The highest BCUT2D eigenvalue weighted by molar-refractivity contribution is 5.82. The van der Waals surface area contributed by atoms with Crippen LogP contribution in [0.5, 0.6) is 0 Å². The summed E-state index contributed by atoms with van der Waals surface area (Å²) >= 11 is 0. The van der Waals surface area contributed by atoms with Crippen molar-refractivity contribution in [2.75, 3.05) is 0 Å². The predicted molar refractivity (Wildman–Crippen MR) is 71.1 cm³/mol. The molecular weight excluding hydrogens is 258 g/mol. The number of hydrogen-bond donors (Lipinski definition) is 1. The zero-order chi connectivity index (χ0) is 14.2. The first kappa shape index (κ1) is 13.0. The van der Waals surface area contributed by atoms with Gasteiger partial charge >= 0.3 is 12.1 Å². The van der Waals surface area contributed by atoms with E-state index in [1.54, 1.807) is 0 Å². The van der Waals surface area contributed by atoms with Gasteiger partial charge in [-0.15, -0.1) is 0 Å². The van der Waals surface area contributed by atoms with Crippen LogP contribution in [0.4, 0.5) is 4.79 Å². The molecule has 5 heteroatoms. The average molecular weight is 275 g/mol. The Hall–Kier alpha value is -2.04. The lowest BCUT2D eigenvalue weighted by Gasteiger charge is -2.27. The number of hydrogen-bond acceptors (Lipinski definition) is 3. The number of aliphatic carboxylic acids is 1. The molecule has 1 amide bonds. The van der Waals surface area contributed by atoms with E-state index in [9.17, 15) is 14.7 Å². The Labute approximate surface area is 117 Å². The van der Waals surface area contributed by atoms with Gasteiger partial charge in [0.05, 0.1) is 0 Å². The molecule has 2 fully saturated rings. The first-order valence-electron chi connectivity index (χ1n) is 6.85. The lowest BCUT2D eigenvalue weighted by molar-refractivity contribution is -0.142. The Morgan fingerprint density at radius 3 is 2.55 bits per heavy atom. The molecule has 106 valence electrons. The lowest BCUT2D eigenvalue weighted by atomic mass is 10.2. The first-order chi connectivity index (χ1) is 9.62. The Kier molecular flexibility index (Phi) is 3.12. The average Bonchev–Trinajstić information content (AvgIpc) is 3.10. The number of carbonyl (C=O) groups is 2. The van der Waals surface area contributed by atoms with Crippen molar-refractivity contribution in [1.82, 2.24) is 4.90 Å². The van der Waals surface area contributed by atoms with E-state index in [0.29, 0.717) is 6.42 Å². The Balaban J connectivity index is 1.67. The van der Waals surface area contributed by atoms with Gasteiger partial charge in [0.1, 0.15) is 12.6 Å². The SMILES string of the molecule is O=C(O)C1CCC2(CC2)N1C(=O)OCc1ccccc1. The van der Waals surface area contributed by atoms with Crippen LogP contribution in [0.2, 0.25) is 0 Å². The van der Waals surface area contributed by atoms with Crippen LogP contribution < -0.4 is 0 Å². The Morgan fingerprint density at radius 1 is 1.25 bits per heavy atom. The van der Waals surface area contributed by atoms with Crippen LogP contribution in [0.15, 0.2) is 30.3 Å². The van der Waals surface area contributed by atoms with E-state index in [1.807, 2.05) is 30.3 Å². The number of benzene rings is 1. The van der Waals surface area contributed by atoms with E-state index in [4.69, 9.17) is 4.74 Å². The standard InChI is InChI=1S/C15H17NO4/c17-13(18)12-6-7-15(8-9-15)16(12)14(19)20-10-11-4-2-1-3-5-11/h1-5,12H,6-10H2,(H,17,18). The molecule has 2 aliphatic rings. The molecule has 3 rings (SSSR count). The molecule has 20 heavy (non-hydrogen) atoms. The Morgan fingerprint density at radius 2 is 1.95 bits per heavy atom. The summed E-state index contributed by atoms with van der Waals surface area (Å²) < 4.78 is 5.29. The summed E-state index contributed by atoms with van der Waals surface area (Å²) in [5.41, 5.74) is 0.661. The number of likely N-dealkylation sites (tertiary alicyclic amines) is 1. The van der Waals surface area contributed by atoms with Crippen LogP contribution in [0.3, 0.4) is 0 Å². The number of rotatable bonds is 3. The summed E-state index contributed by atoms with van der Waals surface area (Å²) in [6.07, 6.45) is 2.56. The fourth-order valence-corrected chi connectivity index (χ4v) is 2.96. The van der Waals surface area contributed by atoms with Gasteiger partial charge in [0.25, 0.3) is 0 Å². The maximum atomic E-state index is 12.2. The van der Waals surface area contributed by atoms with Crippen molar-refractivity contribution in [3.63, 3.8) is 0 Å². The Bertz CT molecular complexity index is 524. The van der Waals surface area contributed by atoms with Gasteiger partial charge in [-0.05, 0) is 31.2 Å². The van der Waals surface area contributed by atoms with Gasteiger partial charge in [0, 0.05) is 5.54 Å². The van der Waals surface area contributed by atoms with E-state index in [0.717, 1.165) is 24.8 Å². The highest BCUT2D eigenvalue weighted by atomic mass is 16.6. The second-order valence-corrected chi connectivity index (χ2v) is 5.53. The molecule has 0 radical (unpaired) electrons. The van der Waals surface area contributed by atoms with Crippen LogP contribution in [-0.2, 0) is 16.1 Å². The molecule has 1 N–H and O–H groups in total. The quantitative estimate of drug-likeness (QED) is 0.919. The van der Waals surface area contributed by atoms with Crippen molar-refractivity contribution in [2.24, 2.45) is 0 Å². The van der Waals surface area contributed by atoms with E-state index in [1.165, 1.54) is 4.90 Å². The normalized spacial score (nSPS) is 22.8. The van der Waals surface area contributed by atoms with Gasteiger partial charge in [-0.3, -0.25) is 4.90 Å². The lowest BCUT2D eigenvalue weighted by Crippen LogP contribution is -2.46. The first-order valence-corrected chi connectivity index (χ1v) is 6.85. The maximum absolute atomic E-state index is 12.2. The minimum atomic E-state index is -0.939. The molecule has 0 aromatic heterocycles. The fraction of sp³-hybridized carbons (Fsp3) is 0.467. The molecule has 1 saturated heterocycles. The monoisotopic (exact) mass is 275 g/mol. The molecule has 1 spiro atoms. The highest BCUT2D eigenvalue weighted by Crippen LogP contribution is 2.52. The second kappa shape index (κ2) is 4.81. The highest BCUT2D eigenvalue weighted by Gasteiger charge is 2.59. The minimum absolute atomic E-state index is 0.179. The van der Waals surface area contributed by atoms with Gasteiger partial charge < -0.3 is 9.84 Å². The molecule has 1 heterocycles. The molecule has 1 atom stereocenters. The van der Waals surface area contributed by atoms with Crippen molar-refractivity contribution in [3.8, 4) is 0 Å². The van der Waals surface area contributed by atoms with Crippen LogP contribution in [-0.4, -0.2) is 33.6 Å². The zero-order valence-electron chi connectivity index (χ0n) is 11.1. The summed E-state index contributed by atoms with van der Waals surface area (Å²) in [4.78, 5) is 24.9. The minimum Gasteiger partial charge on any atom is -0.480 e. The smallest absolute Gasteiger partial charge is 0.411 e. The van der Waals surface area contributed by atoms with Crippen molar-refractivity contribution in [1.29, 1.82) is 0 Å². The van der Waals surface area contributed by atoms with E-state index < -0.39 is 18.1 Å². The van der Waals surface area contributed by atoms with Crippen LogP contribution in [0.25, 0.3) is 0 Å². The largest absolute Gasteiger partial charge is 0.480 e. The third kappa shape index (κ3) is 2.24. The molecule has 1 aliphatic heterocycles. The van der Waals surface area contributed by atoms with Crippen LogP contribution >= 0.6 is 0 Å². The zero-order valence-corrected chi connectivity index (χ0v) is 11.1. The van der Waals surface area contributed by atoms with Crippen molar-refractivity contribution in [2.45, 2.75) is 43.9 Å². The van der Waals surface area contributed by atoms with Gasteiger partial charge in [-0.1, -0.05) is 30.3 Å². The van der Waals surface area contributed by atoms with E-state index in [2.05, 4.69) is 0 Å². The second-order valence-electron chi connectivity index (χ2n) is 5.53. The molecule has 1 aromatic carbocycles. The fourth-order valence-electron chi connectivity index (χ4n) is 2.96. The summed E-state index contributed by atoms with van der Waals surface area (Å²) in [5.74, 6) is -0.939. The third-order valence-corrected chi connectivity index (χ3v) is 4.22. The molecule has 0 bridgehead atoms. The molecule has 1 unspecified atom stereocenters. The predicted octanol–water partition coefficient (Wildman–Crippen LogP) is 2.40. The number of ether oxygens (including phenoxy) is 1. The molecule has 1 saturated carbocycles. The third-order valence-electron chi connectivity index (χ3n) is 4.22. The van der Waals surface area contributed by atoms with E-state index in [-0.39, 0.29) is 12.1 Å². The van der Waals surface area contributed by atoms with Crippen molar-refractivity contribution < 1.29 is 19.4 Å². The summed E-state index contributed by atoms with van der Waals surface area (Å²) in [6.45, 7) is 0.179. The summed E-state index contributed by atoms with van der Waals surface area (Å²) in [5, 5.41) is 9.23. The van der Waals surface area contributed by atoms with Crippen LogP contribution in [0.1, 0.15) is 31.2 Å². The van der Waals surface area contributed by atoms with Gasteiger partial charge in [-0.2, -0.15) is 0 Å². The number of carboxylic acids is 1. The molecule has 1 aliphatic carbocycles.